The van der Waals surface area contributed by atoms with Gasteiger partial charge in [-0.1, -0.05) is 41.8 Å². The van der Waals surface area contributed by atoms with Crippen molar-refractivity contribution in [1.29, 1.82) is 0 Å². The standard InChI is InChI=1S/C6H12BrN3/c1-6(2,3)5(4-7)9-10-8/h5H,4H2,1-3H3. The van der Waals surface area contributed by atoms with E-state index in [4.69, 9.17) is 5.53 Å². The van der Waals surface area contributed by atoms with Crippen molar-refractivity contribution < 1.29 is 0 Å². The molecule has 0 saturated carbocycles. The van der Waals surface area contributed by atoms with E-state index in [2.05, 4.69) is 26.0 Å². The minimum Gasteiger partial charge on any atom is -0.0924 e. The van der Waals surface area contributed by atoms with Crippen LogP contribution in [0, 0.1) is 5.41 Å². The first-order valence-corrected chi connectivity index (χ1v) is 4.24. The van der Waals surface area contributed by atoms with Gasteiger partial charge in [0.05, 0.1) is 6.04 Å². The Balaban J connectivity index is 4.20. The highest BCUT2D eigenvalue weighted by molar-refractivity contribution is 9.09. The molecule has 0 bridgehead atoms. The van der Waals surface area contributed by atoms with E-state index in [1.165, 1.54) is 0 Å². The van der Waals surface area contributed by atoms with Crippen LogP contribution in [0.1, 0.15) is 20.8 Å². The van der Waals surface area contributed by atoms with Crippen LogP contribution in [0.4, 0.5) is 0 Å². The summed E-state index contributed by atoms with van der Waals surface area (Å²) in [5, 5.41) is 4.37. The number of azide groups is 1. The highest BCUT2D eigenvalue weighted by Crippen LogP contribution is 2.23. The number of halogens is 1. The Labute approximate surface area is 69.6 Å². The molecular weight excluding hydrogens is 194 g/mol. The summed E-state index contributed by atoms with van der Waals surface area (Å²) >= 11 is 3.29. The van der Waals surface area contributed by atoms with Crippen molar-refractivity contribution in [2.24, 2.45) is 10.5 Å². The largest absolute Gasteiger partial charge is 0.0924 e. The monoisotopic (exact) mass is 205 g/mol. The maximum absolute atomic E-state index is 8.17. The van der Waals surface area contributed by atoms with Gasteiger partial charge in [0.1, 0.15) is 0 Å². The summed E-state index contributed by atoms with van der Waals surface area (Å²) in [5.74, 6) is 0. The molecule has 0 fully saturated rings. The van der Waals surface area contributed by atoms with Crippen LogP contribution in [-0.4, -0.2) is 11.4 Å². The van der Waals surface area contributed by atoms with E-state index in [9.17, 15) is 0 Å². The van der Waals surface area contributed by atoms with Gasteiger partial charge < -0.3 is 0 Å². The normalized spacial score (nSPS) is 14.0. The Morgan fingerprint density at radius 1 is 1.60 bits per heavy atom. The molecule has 0 aliphatic rings. The third-order valence-corrected chi connectivity index (χ3v) is 1.95. The van der Waals surface area contributed by atoms with Gasteiger partial charge in [-0.3, -0.25) is 0 Å². The van der Waals surface area contributed by atoms with E-state index < -0.39 is 0 Å². The van der Waals surface area contributed by atoms with Crippen LogP contribution in [0.3, 0.4) is 0 Å². The topological polar surface area (TPSA) is 48.8 Å². The van der Waals surface area contributed by atoms with Gasteiger partial charge in [-0.05, 0) is 10.9 Å². The van der Waals surface area contributed by atoms with Crippen molar-refractivity contribution in [2.75, 3.05) is 5.33 Å². The second-order valence-electron chi connectivity index (χ2n) is 3.24. The molecule has 0 spiro atoms. The van der Waals surface area contributed by atoms with Gasteiger partial charge in [0.2, 0.25) is 0 Å². The predicted molar refractivity (Wildman–Crippen MR) is 46.2 cm³/mol. The minimum atomic E-state index is 0.0394. The first kappa shape index (κ1) is 9.79. The molecule has 0 aliphatic heterocycles. The second-order valence-corrected chi connectivity index (χ2v) is 3.89. The lowest BCUT2D eigenvalue weighted by Crippen LogP contribution is -2.25. The van der Waals surface area contributed by atoms with E-state index >= 15 is 0 Å². The zero-order valence-electron chi connectivity index (χ0n) is 6.50. The van der Waals surface area contributed by atoms with Crippen molar-refractivity contribution in [2.45, 2.75) is 26.8 Å². The Bertz CT molecular complexity index is 144. The Hall–Kier alpha value is -0.210. The molecule has 0 amide bonds. The van der Waals surface area contributed by atoms with E-state index in [0.29, 0.717) is 0 Å². The quantitative estimate of drug-likeness (QED) is 0.288. The molecule has 0 saturated heterocycles. The number of hydrogen-bond acceptors (Lipinski definition) is 1. The van der Waals surface area contributed by atoms with E-state index in [0.717, 1.165) is 5.33 Å². The third-order valence-electron chi connectivity index (χ3n) is 1.34. The molecular formula is C6H12BrN3. The van der Waals surface area contributed by atoms with Crippen LogP contribution < -0.4 is 0 Å². The molecule has 0 rings (SSSR count). The SMILES string of the molecule is CC(C)(C)C(CBr)N=[N+]=[N-]. The molecule has 0 heterocycles. The van der Waals surface area contributed by atoms with Gasteiger partial charge in [0.15, 0.2) is 0 Å². The van der Waals surface area contributed by atoms with Gasteiger partial charge >= 0.3 is 0 Å². The Kier molecular flexibility index (Phi) is 3.76. The molecule has 0 aliphatic carbocycles. The predicted octanol–water partition coefficient (Wildman–Crippen LogP) is 3.11. The van der Waals surface area contributed by atoms with Gasteiger partial charge in [-0.2, -0.15) is 0 Å². The third kappa shape index (κ3) is 3.08. The molecule has 0 aromatic carbocycles. The number of nitrogens with zero attached hydrogens (tertiary/aromatic N) is 3. The fourth-order valence-electron chi connectivity index (χ4n) is 0.498. The van der Waals surface area contributed by atoms with Crippen LogP contribution in [0.2, 0.25) is 0 Å². The molecule has 1 unspecified atom stereocenters. The molecule has 0 radical (unpaired) electrons. The molecule has 4 heteroatoms. The van der Waals surface area contributed by atoms with E-state index in [1.807, 2.05) is 20.8 Å². The van der Waals surface area contributed by atoms with Crippen LogP contribution in [-0.2, 0) is 0 Å². The first-order valence-electron chi connectivity index (χ1n) is 3.12. The van der Waals surface area contributed by atoms with Crippen molar-refractivity contribution in [1.82, 2.24) is 0 Å². The van der Waals surface area contributed by atoms with Gasteiger partial charge in [0.25, 0.3) is 0 Å². The lowest BCUT2D eigenvalue weighted by molar-refractivity contribution is 0.345. The maximum atomic E-state index is 8.17. The lowest BCUT2D eigenvalue weighted by atomic mass is 9.89. The summed E-state index contributed by atoms with van der Waals surface area (Å²) in [6, 6.07) is 0.0394. The van der Waals surface area contributed by atoms with Crippen molar-refractivity contribution in [3.8, 4) is 0 Å². The van der Waals surface area contributed by atoms with E-state index in [-0.39, 0.29) is 11.5 Å². The van der Waals surface area contributed by atoms with Gasteiger partial charge in [0, 0.05) is 10.2 Å². The maximum Gasteiger partial charge on any atom is 0.0519 e. The van der Waals surface area contributed by atoms with Crippen molar-refractivity contribution in [3.63, 3.8) is 0 Å². The molecule has 58 valence electrons. The highest BCUT2D eigenvalue weighted by atomic mass is 79.9. The lowest BCUT2D eigenvalue weighted by Gasteiger charge is -2.24. The average Bonchev–Trinajstić information content (AvgIpc) is 1.80. The minimum absolute atomic E-state index is 0.0394. The number of alkyl halides is 1. The smallest absolute Gasteiger partial charge is 0.0519 e. The van der Waals surface area contributed by atoms with Crippen LogP contribution >= 0.6 is 15.9 Å². The number of rotatable bonds is 2. The average molecular weight is 206 g/mol. The van der Waals surface area contributed by atoms with Crippen molar-refractivity contribution in [3.05, 3.63) is 10.4 Å². The Morgan fingerprint density at radius 2 is 2.10 bits per heavy atom. The zero-order valence-corrected chi connectivity index (χ0v) is 8.09. The highest BCUT2D eigenvalue weighted by Gasteiger charge is 2.21. The van der Waals surface area contributed by atoms with Crippen molar-refractivity contribution >= 4 is 15.9 Å². The molecule has 10 heavy (non-hydrogen) atoms. The van der Waals surface area contributed by atoms with E-state index in [1.54, 1.807) is 0 Å². The van der Waals surface area contributed by atoms with Gasteiger partial charge in [-0.25, -0.2) is 0 Å². The molecule has 1 atom stereocenters. The summed E-state index contributed by atoms with van der Waals surface area (Å²) in [6.45, 7) is 6.15. The molecule has 0 aromatic rings. The fraction of sp³-hybridized carbons (Fsp3) is 1.00. The summed E-state index contributed by atoms with van der Waals surface area (Å²) in [6.07, 6.45) is 0. The van der Waals surface area contributed by atoms with Gasteiger partial charge in [-0.15, -0.1) is 0 Å². The summed E-state index contributed by atoms with van der Waals surface area (Å²) in [5.41, 5.74) is 8.22. The Morgan fingerprint density at radius 3 is 2.20 bits per heavy atom. The van der Waals surface area contributed by atoms with Crippen LogP contribution in [0.15, 0.2) is 5.11 Å². The first-order chi connectivity index (χ1) is 4.52. The summed E-state index contributed by atoms with van der Waals surface area (Å²) in [4.78, 5) is 2.77. The zero-order chi connectivity index (χ0) is 8.20. The summed E-state index contributed by atoms with van der Waals surface area (Å²) < 4.78 is 0. The fourth-order valence-corrected chi connectivity index (χ4v) is 1.60. The number of hydrogen-bond donors (Lipinski definition) is 0. The molecule has 0 aromatic heterocycles. The molecule has 0 N–H and O–H groups in total. The van der Waals surface area contributed by atoms with Crippen LogP contribution in [0.5, 0.6) is 0 Å². The summed E-state index contributed by atoms with van der Waals surface area (Å²) in [7, 11) is 0. The second kappa shape index (κ2) is 3.84. The molecule has 3 nitrogen and oxygen atoms in total. The van der Waals surface area contributed by atoms with Crippen LogP contribution in [0.25, 0.3) is 10.4 Å².